The molecule has 0 radical (unpaired) electrons. The molecule has 2 N–H and O–H groups in total. The molecule has 1 amide bonds. The molecule has 0 fully saturated rings. The summed E-state index contributed by atoms with van der Waals surface area (Å²) >= 11 is 0. The predicted molar refractivity (Wildman–Crippen MR) is 110 cm³/mol. The van der Waals surface area contributed by atoms with Crippen LogP contribution >= 0.6 is 0 Å². The van der Waals surface area contributed by atoms with Gasteiger partial charge in [0.05, 0.1) is 0 Å². The highest BCUT2D eigenvalue weighted by molar-refractivity contribution is 5.93. The Hall–Kier alpha value is -3.14. The summed E-state index contributed by atoms with van der Waals surface area (Å²) in [5.41, 5.74) is 5.09. The van der Waals surface area contributed by atoms with Gasteiger partial charge in [-0.1, -0.05) is 54.6 Å². The van der Waals surface area contributed by atoms with Crippen LogP contribution in [0.5, 0.6) is 0 Å². The zero-order valence-corrected chi connectivity index (χ0v) is 15.6. The normalized spacial score (nSPS) is 10.4. The van der Waals surface area contributed by atoms with E-state index in [0.717, 1.165) is 25.1 Å². The molecule has 0 saturated carbocycles. The van der Waals surface area contributed by atoms with E-state index in [0.29, 0.717) is 12.2 Å². The average Bonchev–Trinajstić information content (AvgIpc) is 2.71. The minimum atomic E-state index is -0.136. The van der Waals surface area contributed by atoms with Crippen LogP contribution in [0.2, 0.25) is 0 Å². The molecule has 2 aromatic carbocycles. The van der Waals surface area contributed by atoms with E-state index in [1.54, 1.807) is 12.3 Å². The van der Waals surface area contributed by atoms with Crippen molar-refractivity contribution in [3.05, 3.63) is 95.3 Å². The first-order valence-corrected chi connectivity index (χ1v) is 9.29. The molecule has 138 valence electrons. The minimum Gasteiger partial charge on any atom is -0.381 e. The lowest BCUT2D eigenvalue weighted by atomic mass is 10.1. The molecule has 0 saturated heterocycles. The molecule has 0 aliphatic carbocycles. The summed E-state index contributed by atoms with van der Waals surface area (Å²) in [7, 11) is 0. The van der Waals surface area contributed by atoms with Crippen molar-refractivity contribution in [2.75, 3.05) is 11.9 Å². The van der Waals surface area contributed by atoms with Gasteiger partial charge < -0.3 is 10.6 Å². The number of hydrogen-bond donors (Lipinski definition) is 2. The molecule has 27 heavy (non-hydrogen) atoms. The summed E-state index contributed by atoms with van der Waals surface area (Å²) in [4.78, 5) is 16.5. The van der Waals surface area contributed by atoms with Crippen LogP contribution in [-0.4, -0.2) is 17.4 Å². The van der Waals surface area contributed by atoms with Crippen molar-refractivity contribution in [1.29, 1.82) is 0 Å². The lowest BCUT2D eigenvalue weighted by molar-refractivity contribution is 0.0948. The van der Waals surface area contributed by atoms with Gasteiger partial charge in [0.25, 0.3) is 5.91 Å². The van der Waals surface area contributed by atoms with Crippen molar-refractivity contribution < 1.29 is 4.79 Å². The van der Waals surface area contributed by atoms with E-state index >= 15 is 0 Å². The van der Waals surface area contributed by atoms with Gasteiger partial charge in [-0.2, -0.15) is 0 Å². The molecule has 0 bridgehead atoms. The Balaban J connectivity index is 1.49. The van der Waals surface area contributed by atoms with Crippen molar-refractivity contribution in [3.8, 4) is 0 Å². The van der Waals surface area contributed by atoms with Gasteiger partial charge in [-0.25, -0.2) is 0 Å². The van der Waals surface area contributed by atoms with Crippen LogP contribution in [-0.2, 0) is 13.0 Å². The summed E-state index contributed by atoms with van der Waals surface area (Å²) < 4.78 is 0. The zero-order valence-electron chi connectivity index (χ0n) is 15.6. The standard InChI is InChI=1S/C23H25N3O/c1-18-8-5-6-12-20(18)17-26-21-13-15-24-22(16-21)23(27)25-14-7-11-19-9-3-2-4-10-19/h2-6,8-10,12-13,15-16H,7,11,14,17H2,1H3,(H,24,26)(H,25,27). The first-order valence-electron chi connectivity index (χ1n) is 9.29. The third kappa shape index (κ3) is 5.68. The molecule has 3 aromatic rings. The number of amides is 1. The maximum atomic E-state index is 12.3. The Bertz CT molecular complexity index is 878. The first kappa shape index (κ1) is 18.6. The van der Waals surface area contributed by atoms with E-state index in [2.05, 4.69) is 46.8 Å². The number of rotatable bonds is 8. The van der Waals surface area contributed by atoms with E-state index in [1.165, 1.54) is 16.7 Å². The summed E-state index contributed by atoms with van der Waals surface area (Å²) in [6, 6.07) is 22.2. The largest absolute Gasteiger partial charge is 0.381 e. The maximum Gasteiger partial charge on any atom is 0.269 e. The average molecular weight is 359 g/mol. The number of nitrogens with one attached hydrogen (secondary N) is 2. The number of aryl methyl sites for hydroxylation is 2. The van der Waals surface area contributed by atoms with Crippen LogP contribution in [0, 0.1) is 6.92 Å². The monoisotopic (exact) mass is 359 g/mol. The van der Waals surface area contributed by atoms with Crippen LogP contribution in [0.25, 0.3) is 0 Å². The Morgan fingerprint density at radius 2 is 1.78 bits per heavy atom. The number of anilines is 1. The number of hydrogen-bond acceptors (Lipinski definition) is 3. The number of pyridine rings is 1. The fraction of sp³-hybridized carbons (Fsp3) is 0.217. The molecule has 0 aliphatic rings. The zero-order chi connectivity index (χ0) is 18.9. The van der Waals surface area contributed by atoms with Crippen molar-refractivity contribution in [1.82, 2.24) is 10.3 Å². The van der Waals surface area contributed by atoms with E-state index in [9.17, 15) is 4.79 Å². The van der Waals surface area contributed by atoms with Gasteiger partial charge in [0.2, 0.25) is 0 Å². The number of nitrogens with zero attached hydrogens (tertiary/aromatic N) is 1. The number of aromatic nitrogens is 1. The van der Waals surface area contributed by atoms with Crippen LogP contribution in [0.1, 0.15) is 33.6 Å². The van der Waals surface area contributed by atoms with Crippen LogP contribution < -0.4 is 10.6 Å². The molecule has 3 rings (SSSR count). The Kier molecular flexibility index (Phi) is 6.58. The molecule has 0 spiro atoms. The van der Waals surface area contributed by atoms with Crippen molar-refractivity contribution in [2.24, 2.45) is 0 Å². The predicted octanol–water partition coefficient (Wildman–Crippen LogP) is 4.36. The lowest BCUT2D eigenvalue weighted by Crippen LogP contribution is -2.25. The molecule has 0 unspecified atom stereocenters. The topological polar surface area (TPSA) is 54.0 Å². The van der Waals surface area contributed by atoms with Gasteiger partial charge in [0, 0.05) is 25.0 Å². The Morgan fingerprint density at radius 3 is 2.59 bits per heavy atom. The Morgan fingerprint density at radius 1 is 1.00 bits per heavy atom. The second-order valence-corrected chi connectivity index (χ2v) is 6.55. The molecule has 4 nitrogen and oxygen atoms in total. The van der Waals surface area contributed by atoms with Crippen molar-refractivity contribution in [3.63, 3.8) is 0 Å². The highest BCUT2D eigenvalue weighted by atomic mass is 16.1. The van der Waals surface area contributed by atoms with Crippen LogP contribution in [0.4, 0.5) is 5.69 Å². The van der Waals surface area contributed by atoms with Gasteiger partial charge >= 0.3 is 0 Å². The van der Waals surface area contributed by atoms with Gasteiger partial charge in [0.1, 0.15) is 5.69 Å². The minimum absolute atomic E-state index is 0.136. The molecule has 1 heterocycles. The fourth-order valence-electron chi connectivity index (χ4n) is 2.90. The quantitative estimate of drug-likeness (QED) is 0.588. The maximum absolute atomic E-state index is 12.3. The van der Waals surface area contributed by atoms with Crippen LogP contribution in [0.15, 0.2) is 72.9 Å². The lowest BCUT2D eigenvalue weighted by Gasteiger charge is -2.10. The highest BCUT2D eigenvalue weighted by Crippen LogP contribution is 2.13. The van der Waals surface area contributed by atoms with E-state index in [-0.39, 0.29) is 5.91 Å². The molecule has 0 atom stereocenters. The van der Waals surface area contributed by atoms with E-state index in [1.807, 2.05) is 36.4 Å². The smallest absolute Gasteiger partial charge is 0.269 e. The third-order valence-corrected chi connectivity index (χ3v) is 4.51. The fourth-order valence-corrected chi connectivity index (χ4v) is 2.90. The highest BCUT2D eigenvalue weighted by Gasteiger charge is 2.07. The van der Waals surface area contributed by atoms with Gasteiger partial charge in [-0.15, -0.1) is 0 Å². The first-order chi connectivity index (χ1) is 13.2. The summed E-state index contributed by atoms with van der Waals surface area (Å²) in [5.74, 6) is -0.136. The molecule has 4 heteroatoms. The summed E-state index contributed by atoms with van der Waals surface area (Å²) in [5, 5.41) is 6.32. The van der Waals surface area contributed by atoms with E-state index in [4.69, 9.17) is 0 Å². The SMILES string of the molecule is Cc1ccccc1CNc1ccnc(C(=O)NCCCc2ccccc2)c1. The van der Waals surface area contributed by atoms with Crippen molar-refractivity contribution in [2.45, 2.75) is 26.3 Å². The van der Waals surface area contributed by atoms with Gasteiger partial charge in [-0.05, 0) is 48.6 Å². The van der Waals surface area contributed by atoms with Gasteiger partial charge in [-0.3, -0.25) is 9.78 Å². The van der Waals surface area contributed by atoms with E-state index < -0.39 is 0 Å². The van der Waals surface area contributed by atoms with Crippen molar-refractivity contribution >= 4 is 11.6 Å². The molecule has 0 aliphatic heterocycles. The Labute approximate surface area is 160 Å². The number of benzene rings is 2. The third-order valence-electron chi connectivity index (χ3n) is 4.51. The number of carbonyl (C=O) groups excluding carboxylic acids is 1. The molecule has 1 aromatic heterocycles. The van der Waals surface area contributed by atoms with Gasteiger partial charge in [0.15, 0.2) is 0 Å². The second kappa shape index (κ2) is 9.53. The number of carbonyl (C=O) groups is 1. The second-order valence-electron chi connectivity index (χ2n) is 6.55. The molecular weight excluding hydrogens is 334 g/mol. The molecular formula is C23H25N3O. The summed E-state index contributed by atoms with van der Waals surface area (Å²) in [6.07, 6.45) is 3.52. The van der Waals surface area contributed by atoms with Crippen LogP contribution in [0.3, 0.4) is 0 Å². The summed E-state index contributed by atoms with van der Waals surface area (Å²) in [6.45, 7) is 3.45.